The van der Waals surface area contributed by atoms with Gasteiger partial charge in [0.05, 0.1) is 12.2 Å². The zero-order valence-corrected chi connectivity index (χ0v) is 16.3. The van der Waals surface area contributed by atoms with Gasteiger partial charge < -0.3 is 15.4 Å². The second-order valence-electron chi connectivity index (χ2n) is 6.91. The van der Waals surface area contributed by atoms with Crippen LogP contribution in [0.3, 0.4) is 0 Å². The van der Waals surface area contributed by atoms with Crippen molar-refractivity contribution in [2.75, 3.05) is 17.2 Å². The normalized spacial score (nSPS) is 10.5. The quantitative estimate of drug-likeness (QED) is 0.552. The number of para-hydroxylation sites is 3. The minimum absolute atomic E-state index is 0.116. The zero-order chi connectivity index (χ0) is 19.8. The number of benzene rings is 3. The van der Waals surface area contributed by atoms with Gasteiger partial charge in [0.25, 0.3) is 0 Å². The molecular formula is C24H26N2O2. The van der Waals surface area contributed by atoms with Crippen molar-refractivity contribution in [3.8, 4) is 5.75 Å². The van der Waals surface area contributed by atoms with E-state index in [1.165, 1.54) is 5.56 Å². The smallest absolute Gasteiger partial charge is 0.243 e. The molecule has 0 aliphatic carbocycles. The molecule has 2 N–H and O–H groups in total. The average Bonchev–Trinajstić information content (AvgIpc) is 2.72. The molecule has 0 atom stereocenters. The van der Waals surface area contributed by atoms with E-state index in [2.05, 4.69) is 30.5 Å². The first kappa shape index (κ1) is 19.5. The highest BCUT2D eigenvalue weighted by atomic mass is 16.5. The SMILES string of the molecule is CC(C)c1ccccc1NCC(=O)Nc1ccccc1OCc1ccccc1. The molecule has 0 aliphatic rings. The van der Waals surface area contributed by atoms with Crippen LogP contribution in [0, 0.1) is 0 Å². The lowest BCUT2D eigenvalue weighted by Crippen LogP contribution is -2.22. The van der Waals surface area contributed by atoms with Crippen LogP contribution in [0.15, 0.2) is 78.9 Å². The Balaban J connectivity index is 1.60. The number of carbonyl (C=O) groups is 1. The lowest BCUT2D eigenvalue weighted by atomic mass is 10.0. The van der Waals surface area contributed by atoms with Gasteiger partial charge in [-0.1, -0.05) is 74.5 Å². The second kappa shape index (κ2) is 9.60. The Kier molecular flexibility index (Phi) is 6.68. The number of ether oxygens (including phenoxy) is 1. The van der Waals surface area contributed by atoms with Crippen LogP contribution in [-0.2, 0) is 11.4 Å². The molecule has 4 heteroatoms. The van der Waals surface area contributed by atoms with Crippen molar-refractivity contribution in [2.24, 2.45) is 0 Å². The molecule has 0 saturated carbocycles. The van der Waals surface area contributed by atoms with Crippen molar-refractivity contribution < 1.29 is 9.53 Å². The maximum atomic E-state index is 12.5. The molecule has 0 unspecified atom stereocenters. The Morgan fingerprint density at radius 2 is 1.50 bits per heavy atom. The molecule has 28 heavy (non-hydrogen) atoms. The summed E-state index contributed by atoms with van der Waals surface area (Å²) in [7, 11) is 0. The van der Waals surface area contributed by atoms with E-state index >= 15 is 0 Å². The highest BCUT2D eigenvalue weighted by molar-refractivity contribution is 5.95. The molecule has 0 aliphatic heterocycles. The minimum Gasteiger partial charge on any atom is -0.487 e. The fraction of sp³-hybridized carbons (Fsp3) is 0.208. The van der Waals surface area contributed by atoms with Gasteiger partial charge in [-0.05, 0) is 35.2 Å². The molecule has 0 saturated heterocycles. The van der Waals surface area contributed by atoms with Gasteiger partial charge in [-0.25, -0.2) is 0 Å². The molecule has 3 rings (SSSR count). The first-order valence-electron chi connectivity index (χ1n) is 9.52. The number of carbonyl (C=O) groups excluding carboxylic acids is 1. The van der Waals surface area contributed by atoms with Gasteiger partial charge in [0.2, 0.25) is 5.91 Å². The van der Waals surface area contributed by atoms with Gasteiger partial charge in [-0.15, -0.1) is 0 Å². The Labute approximate surface area is 166 Å². The van der Waals surface area contributed by atoms with E-state index in [-0.39, 0.29) is 12.5 Å². The fourth-order valence-corrected chi connectivity index (χ4v) is 2.96. The lowest BCUT2D eigenvalue weighted by Gasteiger charge is -2.15. The highest BCUT2D eigenvalue weighted by Crippen LogP contribution is 2.25. The summed E-state index contributed by atoms with van der Waals surface area (Å²) in [6, 6.07) is 25.5. The van der Waals surface area contributed by atoms with Crippen molar-refractivity contribution in [1.29, 1.82) is 0 Å². The zero-order valence-electron chi connectivity index (χ0n) is 16.3. The largest absolute Gasteiger partial charge is 0.487 e. The van der Waals surface area contributed by atoms with Crippen LogP contribution in [0.4, 0.5) is 11.4 Å². The van der Waals surface area contributed by atoms with Crippen LogP contribution >= 0.6 is 0 Å². The van der Waals surface area contributed by atoms with Gasteiger partial charge in [0.1, 0.15) is 12.4 Å². The highest BCUT2D eigenvalue weighted by Gasteiger charge is 2.10. The molecule has 0 radical (unpaired) electrons. The summed E-state index contributed by atoms with van der Waals surface area (Å²) in [5.41, 5.74) is 3.93. The molecule has 3 aromatic carbocycles. The molecule has 3 aromatic rings. The molecular weight excluding hydrogens is 348 g/mol. The molecule has 0 aromatic heterocycles. The summed E-state index contributed by atoms with van der Waals surface area (Å²) < 4.78 is 5.90. The maximum Gasteiger partial charge on any atom is 0.243 e. The average molecular weight is 374 g/mol. The Morgan fingerprint density at radius 1 is 0.857 bits per heavy atom. The molecule has 0 bridgehead atoms. The molecule has 1 amide bonds. The van der Waals surface area contributed by atoms with Gasteiger partial charge >= 0.3 is 0 Å². The van der Waals surface area contributed by atoms with E-state index in [0.717, 1.165) is 11.3 Å². The van der Waals surface area contributed by atoms with E-state index in [1.54, 1.807) is 0 Å². The van der Waals surface area contributed by atoms with Gasteiger partial charge in [-0.2, -0.15) is 0 Å². The summed E-state index contributed by atoms with van der Waals surface area (Å²) in [5, 5.41) is 6.18. The number of hydrogen-bond acceptors (Lipinski definition) is 3. The number of amides is 1. The third-order valence-electron chi connectivity index (χ3n) is 4.42. The van der Waals surface area contributed by atoms with Crippen LogP contribution in [0.5, 0.6) is 5.75 Å². The fourth-order valence-electron chi connectivity index (χ4n) is 2.96. The van der Waals surface area contributed by atoms with Crippen molar-refractivity contribution in [3.63, 3.8) is 0 Å². The van der Waals surface area contributed by atoms with Crippen molar-refractivity contribution >= 4 is 17.3 Å². The van der Waals surface area contributed by atoms with Crippen LogP contribution < -0.4 is 15.4 Å². The molecule has 0 spiro atoms. The molecule has 0 heterocycles. The summed E-state index contributed by atoms with van der Waals surface area (Å²) >= 11 is 0. The van der Waals surface area contributed by atoms with E-state index in [9.17, 15) is 4.79 Å². The maximum absolute atomic E-state index is 12.5. The summed E-state index contributed by atoms with van der Waals surface area (Å²) in [4.78, 5) is 12.5. The Morgan fingerprint density at radius 3 is 2.25 bits per heavy atom. The van der Waals surface area contributed by atoms with Crippen molar-refractivity contribution in [2.45, 2.75) is 26.4 Å². The number of rotatable bonds is 8. The Bertz CT molecular complexity index is 907. The molecule has 144 valence electrons. The topological polar surface area (TPSA) is 50.4 Å². The molecule has 4 nitrogen and oxygen atoms in total. The van der Waals surface area contributed by atoms with Crippen molar-refractivity contribution in [1.82, 2.24) is 0 Å². The van der Waals surface area contributed by atoms with E-state index in [4.69, 9.17) is 4.74 Å². The van der Waals surface area contributed by atoms with Crippen LogP contribution in [-0.4, -0.2) is 12.5 Å². The predicted molar refractivity (Wildman–Crippen MR) is 115 cm³/mol. The summed E-state index contributed by atoms with van der Waals surface area (Å²) in [6.07, 6.45) is 0. The lowest BCUT2D eigenvalue weighted by molar-refractivity contribution is -0.114. The molecule has 0 fully saturated rings. The number of anilines is 2. The number of nitrogens with one attached hydrogen (secondary N) is 2. The first-order chi connectivity index (χ1) is 13.6. The van der Waals surface area contributed by atoms with E-state index in [1.807, 2.05) is 72.8 Å². The Hall–Kier alpha value is -3.27. The third-order valence-corrected chi connectivity index (χ3v) is 4.42. The first-order valence-corrected chi connectivity index (χ1v) is 9.52. The summed E-state index contributed by atoms with van der Waals surface area (Å²) in [6.45, 7) is 4.92. The van der Waals surface area contributed by atoms with E-state index < -0.39 is 0 Å². The monoisotopic (exact) mass is 374 g/mol. The van der Waals surface area contributed by atoms with Gasteiger partial charge in [-0.3, -0.25) is 4.79 Å². The van der Waals surface area contributed by atoms with Crippen LogP contribution in [0.1, 0.15) is 30.9 Å². The standard InChI is InChI=1S/C24H26N2O2/c1-18(2)20-12-6-7-13-21(20)25-16-24(27)26-22-14-8-9-15-23(22)28-17-19-10-4-3-5-11-19/h3-15,18,25H,16-17H2,1-2H3,(H,26,27). The van der Waals surface area contributed by atoms with Gasteiger partial charge in [0, 0.05) is 5.69 Å². The predicted octanol–water partition coefficient (Wildman–Crippen LogP) is 5.44. The number of hydrogen-bond donors (Lipinski definition) is 2. The second-order valence-corrected chi connectivity index (χ2v) is 6.91. The van der Waals surface area contributed by atoms with E-state index in [0.29, 0.717) is 24.0 Å². The van der Waals surface area contributed by atoms with Crippen LogP contribution in [0.2, 0.25) is 0 Å². The third kappa shape index (κ3) is 5.36. The summed E-state index contributed by atoms with van der Waals surface area (Å²) in [5.74, 6) is 0.926. The van der Waals surface area contributed by atoms with Crippen molar-refractivity contribution in [3.05, 3.63) is 90.0 Å². The van der Waals surface area contributed by atoms with Crippen LogP contribution in [0.25, 0.3) is 0 Å². The van der Waals surface area contributed by atoms with Gasteiger partial charge in [0.15, 0.2) is 0 Å². The minimum atomic E-state index is -0.116.